The number of aliphatic carboxylic acids is 1. The zero-order valence-corrected chi connectivity index (χ0v) is 12.7. The van der Waals surface area contributed by atoms with Gasteiger partial charge in [0.25, 0.3) is 0 Å². The molecule has 0 spiro atoms. The largest absolute Gasteiger partial charge is 0.481 e. The second kappa shape index (κ2) is 5.99. The summed E-state index contributed by atoms with van der Waals surface area (Å²) in [5.41, 5.74) is -0.733. The van der Waals surface area contributed by atoms with Gasteiger partial charge in [-0.25, -0.2) is 12.7 Å². The third kappa shape index (κ3) is 3.51. The van der Waals surface area contributed by atoms with Gasteiger partial charge in [0, 0.05) is 26.3 Å². The van der Waals surface area contributed by atoms with Gasteiger partial charge < -0.3 is 9.84 Å². The smallest absolute Gasteiger partial charge is 0.309 e. The second-order valence-electron chi connectivity index (χ2n) is 6.03. The first kappa shape index (κ1) is 15.7. The van der Waals surface area contributed by atoms with Gasteiger partial charge in [-0.3, -0.25) is 4.79 Å². The number of carboxylic acid groups (broad SMARTS) is 1. The maximum Gasteiger partial charge on any atom is 0.309 e. The first-order valence-electron chi connectivity index (χ1n) is 7.10. The van der Waals surface area contributed by atoms with Gasteiger partial charge in [0.1, 0.15) is 0 Å². The predicted molar refractivity (Wildman–Crippen MR) is 73.9 cm³/mol. The molecule has 0 amide bonds. The minimum Gasteiger partial charge on any atom is -0.481 e. The van der Waals surface area contributed by atoms with Gasteiger partial charge in [-0.15, -0.1) is 0 Å². The molecule has 7 heteroatoms. The molecule has 6 nitrogen and oxygen atoms in total. The Morgan fingerprint density at radius 3 is 2.60 bits per heavy atom. The molecule has 1 unspecified atom stereocenters. The van der Waals surface area contributed by atoms with Crippen molar-refractivity contribution >= 4 is 16.0 Å². The van der Waals surface area contributed by atoms with Crippen LogP contribution in [0.15, 0.2) is 0 Å². The Labute approximate surface area is 120 Å². The maximum absolute atomic E-state index is 11.6. The molecule has 2 rings (SSSR count). The van der Waals surface area contributed by atoms with E-state index in [9.17, 15) is 18.3 Å². The lowest BCUT2D eigenvalue weighted by Gasteiger charge is -2.39. The number of carboxylic acids is 1. The van der Waals surface area contributed by atoms with E-state index in [1.165, 1.54) is 10.6 Å². The van der Waals surface area contributed by atoms with Crippen LogP contribution < -0.4 is 0 Å². The molecular weight excluding hydrogens is 282 g/mol. The average molecular weight is 305 g/mol. The van der Waals surface area contributed by atoms with Crippen molar-refractivity contribution in [2.75, 3.05) is 32.6 Å². The topological polar surface area (TPSA) is 83.9 Å². The monoisotopic (exact) mass is 305 g/mol. The van der Waals surface area contributed by atoms with Crippen LogP contribution in [0.5, 0.6) is 0 Å². The van der Waals surface area contributed by atoms with E-state index < -0.39 is 21.4 Å². The van der Waals surface area contributed by atoms with Crippen LogP contribution in [0.2, 0.25) is 0 Å². The van der Waals surface area contributed by atoms with E-state index in [0.29, 0.717) is 45.6 Å². The molecule has 2 fully saturated rings. The fraction of sp³-hybridized carbons (Fsp3) is 0.923. The van der Waals surface area contributed by atoms with Crippen LogP contribution >= 0.6 is 0 Å². The first-order chi connectivity index (χ1) is 9.33. The number of piperidine rings is 1. The van der Waals surface area contributed by atoms with E-state index in [-0.39, 0.29) is 5.92 Å². The summed E-state index contributed by atoms with van der Waals surface area (Å²) in [5, 5.41) is 9.56. The third-order valence-corrected chi connectivity index (χ3v) is 5.80. The Morgan fingerprint density at radius 1 is 1.40 bits per heavy atom. The lowest BCUT2D eigenvalue weighted by atomic mass is 9.72. The summed E-state index contributed by atoms with van der Waals surface area (Å²) >= 11 is 0. The quantitative estimate of drug-likeness (QED) is 0.835. The van der Waals surface area contributed by atoms with E-state index >= 15 is 0 Å². The Morgan fingerprint density at radius 2 is 2.05 bits per heavy atom. The van der Waals surface area contributed by atoms with Gasteiger partial charge in [0.2, 0.25) is 10.0 Å². The van der Waals surface area contributed by atoms with Crippen LogP contribution in [-0.4, -0.2) is 56.4 Å². The molecule has 0 saturated carbocycles. The molecule has 0 aliphatic carbocycles. The van der Waals surface area contributed by atoms with Gasteiger partial charge in [0.15, 0.2) is 0 Å². The number of carbonyl (C=O) groups is 1. The van der Waals surface area contributed by atoms with Crippen molar-refractivity contribution in [3.05, 3.63) is 0 Å². The molecule has 2 aliphatic rings. The summed E-state index contributed by atoms with van der Waals surface area (Å²) in [7, 11) is -3.18. The van der Waals surface area contributed by atoms with E-state index in [4.69, 9.17) is 4.74 Å². The highest BCUT2D eigenvalue weighted by atomic mass is 32.2. The predicted octanol–water partition coefficient (Wildman–Crippen LogP) is 0.929. The highest BCUT2D eigenvalue weighted by molar-refractivity contribution is 7.88. The molecule has 20 heavy (non-hydrogen) atoms. The molecule has 1 N–H and O–H groups in total. The van der Waals surface area contributed by atoms with Gasteiger partial charge >= 0.3 is 5.97 Å². The standard InChI is InChI=1S/C13H23NO5S/c1-20(17,18)14-6-2-3-11(10-14)9-13(12(15)16)4-7-19-8-5-13/h11H,2-10H2,1H3,(H,15,16). The SMILES string of the molecule is CS(=O)(=O)N1CCCC(CC2(C(=O)O)CCOCC2)C1. The molecular formula is C13H23NO5S. The van der Waals surface area contributed by atoms with Crippen LogP contribution in [0.3, 0.4) is 0 Å². The van der Waals surface area contributed by atoms with Crippen molar-refractivity contribution < 1.29 is 23.1 Å². The molecule has 0 bridgehead atoms. The summed E-state index contributed by atoms with van der Waals surface area (Å²) in [6.45, 7) is 1.97. The zero-order chi connectivity index (χ0) is 14.8. The molecule has 2 aliphatic heterocycles. The number of nitrogens with zero attached hydrogens (tertiary/aromatic N) is 1. The Bertz CT molecular complexity index is 455. The lowest BCUT2D eigenvalue weighted by Crippen LogP contribution is -2.44. The van der Waals surface area contributed by atoms with Crippen LogP contribution in [0.25, 0.3) is 0 Å². The van der Waals surface area contributed by atoms with Crippen LogP contribution in [0.4, 0.5) is 0 Å². The number of hydrogen-bond acceptors (Lipinski definition) is 4. The summed E-state index contributed by atoms with van der Waals surface area (Å²) in [6.07, 6.45) is 4.54. The molecule has 1 atom stereocenters. The molecule has 0 aromatic rings. The van der Waals surface area contributed by atoms with Gasteiger partial charge in [-0.2, -0.15) is 0 Å². The van der Waals surface area contributed by atoms with Crippen molar-refractivity contribution in [2.24, 2.45) is 11.3 Å². The number of hydrogen-bond donors (Lipinski definition) is 1. The average Bonchev–Trinajstić information content (AvgIpc) is 2.39. The highest BCUT2D eigenvalue weighted by Crippen LogP contribution is 2.39. The second-order valence-corrected chi connectivity index (χ2v) is 8.01. The summed E-state index contributed by atoms with van der Waals surface area (Å²) < 4.78 is 30.0. The van der Waals surface area contributed by atoms with Crippen LogP contribution in [0.1, 0.15) is 32.1 Å². The molecule has 116 valence electrons. The van der Waals surface area contributed by atoms with Crippen LogP contribution in [0, 0.1) is 11.3 Å². The zero-order valence-electron chi connectivity index (χ0n) is 11.9. The van der Waals surface area contributed by atoms with E-state index in [2.05, 4.69) is 0 Å². The Kier molecular flexibility index (Phi) is 4.71. The number of rotatable bonds is 4. The maximum atomic E-state index is 11.6. The van der Waals surface area contributed by atoms with E-state index in [1.54, 1.807) is 0 Å². The number of sulfonamides is 1. The fourth-order valence-corrected chi connectivity index (χ4v) is 4.26. The summed E-state index contributed by atoms with van der Waals surface area (Å²) in [4.78, 5) is 11.6. The number of ether oxygens (including phenoxy) is 1. The van der Waals surface area contributed by atoms with Crippen molar-refractivity contribution in [2.45, 2.75) is 32.1 Å². The Hall–Kier alpha value is -0.660. The van der Waals surface area contributed by atoms with E-state index in [1.807, 2.05) is 0 Å². The van der Waals surface area contributed by atoms with Crippen molar-refractivity contribution in [1.82, 2.24) is 4.31 Å². The molecule has 2 heterocycles. The molecule has 2 saturated heterocycles. The van der Waals surface area contributed by atoms with Crippen LogP contribution in [-0.2, 0) is 19.6 Å². The fourth-order valence-electron chi connectivity index (χ4n) is 3.31. The van der Waals surface area contributed by atoms with Crippen molar-refractivity contribution in [3.8, 4) is 0 Å². The van der Waals surface area contributed by atoms with Crippen molar-refractivity contribution in [3.63, 3.8) is 0 Å². The first-order valence-corrected chi connectivity index (χ1v) is 8.95. The lowest BCUT2D eigenvalue weighted by molar-refractivity contribution is -0.156. The van der Waals surface area contributed by atoms with Gasteiger partial charge in [-0.05, 0) is 38.0 Å². The molecule has 0 aromatic carbocycles. The van der Waals surface area contributed by atoms with Crippen molar-refractivity contribution in [1.29, 1.82) is 0 Å². The summed E-state index contributed by atoms with van der Waals surface area (Å²) in [5.74, 6) is -0.634. The summed E-state index contributed by atoms with van der Waals surface area (Å²) in [6, 6.07) is 0. The van der Waals surface area contributed by atoms with Gasteiger partial charge in [-0.1, -0.05) is 0 Å². The van der Waals surface area contributed by atoms with Gasteiger partial charge in [0.05, 0.1) is 11.7 Å². The van der Waals surface area contributed by atoms with E-state index in [0.717, 1.165) is 12.8 Å². The molecule has 0 aromatic heterocycles. The Balaban J connectivity index is 2.05. The third-order valence-electron chi connectivity index (χ3n) is 4.53. The minimum absolute atomic E-state index is 0.132. The normalized spacial score (nSPS) is 28.1. The highest BCUT2D eigenvalue weighted by Gasteiger charge is 2.43. The molecule has 0 radical (unpaired) electrons. The minimum atomic E-state index is -3.18.